The van der Waals surface area contributed by atoms with Crippen molar-refractivity contribution in [3.05, 3.63) is 22.8 Å². The zero-order valence-electron chi connectivity index (χ0n) is 8.45. The minimum Gasteiger partial charge on any atom is -0.478 e. The molecule has 0 saturated heterocycles. The van der Waals surface area contributed by atoms with Crippen molar-refractivity contribution in [2.45, 2.75) is 0 Å². The van der Waals surface area contributed by atoms with E-state index >= 15 is 0 Å². The number of anilines is 1. The molecule has 1 rings (SSSR count). The minimum absolute atomic E-state index is 0.00417. The molecule has 0 aliphatic rings. The molecule has 1 amide bonds. The van der Waals surface area contributed by atoms with Crippen molar-refractivity contribution in [2.24, 2.45) is 0 Å². The highest BCUT2D eigenvalue weighted by Gasteiger charge is 2.08. The summed E-state index contributed by atoms with van der Waals surface area (Å²) in [4.78, 5) is 25.3. The van der Waals surface area contributed by atoms with Crippen molar-refractivity contribution in [3.8, 4) is 0 Å². The summed E-state index contributed by atoms with van der Waals surface area (Å²) < 4.78 is 0. The molecule has 1 aromatic rings. The predicted octanol–water partition coefficient (Wildman–Crippen LogP) is 0.591. The van der Waals surface area contributed by atoms with Crippen LogP contribution in [0.15, 0.2) is 12.3 Å². The number of carboxylic acid groups (broad SMARTS) is 1. The Morgan fingerprint density at radius 1 is 1.56 bits per heavy atom. The van der Waals surface area contributed by atoms with Crippen LogP contribution in [0, 0.1) is 0 Å². The van der Waals surface area contributed by atoms with Crippen molar-refractivity contribution >= 4 is 29.3 Å². The van der Waals surface area contributed by atoms with Crippen LogP contribution >= 0.6 is 11.6 Å². The summed E-state index contributed by atoms with van der Waals surface area (Å²) >= 11 is 5.78. The molecule has 1 aromatic heterocycles. The molecule has 16 heavy (non-hydrogen) atoms. The third-order valence-electron chi connectivity index (χ3n) is 1.78. The summed E-state index contributed by atoms with van der Waals surface area (Å²) in [6.45, 7) is 0.0235. The molecule has 3 N–H and O–H groups in total. The second kappa shape index (κ2) is 5.32. The maximum Gasteiger partial charge on any atom is 0.337 e. The molecule has 7 heteroatoms. The lowest BCUT2D eigenvalue weighted by Gasteiger charge is -2.06. The van der Waals surface area contributed by atoms with Gasteiger partial charge in [-0.15, -0.1) is 0 Å². The number of carboxylic acids is 1. The molecule has 0 aliphatic heterocycles. The molecule has 0 fully saturated rings. The van der Waals surface area contributed by atoms with Crippen LogP contribution in [-0.4, -0.2) is 35.6 Å². The summed E-state index contributed by atoms with van der Waals surface area (Å²) in [5.41, 5.74) is -0.00417. The van der Waals surface area contributed by atoms with E-state index in [1.54, 1.807) is 0 Å². The van der Waals surface area contributed by atoms with Crippen LogP contribution in [0.2, 0.25) is 5.02 Å². The maximum atomic E-state index is 10.9. The molecule has 0 radical (unpaired) electrons. The third kappa shape index (κ3) is 3.09. The number of likely N-dealkylation sites (N-methyl/N-ethyl adjacent to an activating group) is 1. The number of nitrogens with one attached hydrogen (secondary N) is 2. The van der Waals surface area contributed by atoms with Gasteiger partial charge in [0.1, 0.15) is 5.82 Å². The van der Waals surface area contributed by atoms with Crippen LogP contribution in [0.25, 0.3) is 0 Å². The number of hydrogen-bond acceptors (Lipinski definition) is 4. The fourth-order valence-corrected chi connectivity index (χ4v) is 1.17. The summed E-state index contributed by atoms with van der Waals surface area (Å²) in [7, 11) is 1.51. The smallest absolute Gasteiger partial charge is 0.337 e. The number of aromatic nitrogens is 1. The van der Waals surface area contributed by atoms with Gasteiger partial charge in [0.2, 0.25) is 5.91 Å². The van der Waals surface area contributed by atoms with Crippen LogP contribution in [0.3, 0.4) is 0 Å². The average Bonchev–Trinajstić information content (AvgIpc) is 2.26. The van der Waals surface area contributed by atoms with E-state index in [0.717, 1.165) is 0 Å². The van der Waals surface area contributed by atoms with Crippen LogP contribution in [0.1, 0.15) is 10.4 Å². The second-order valence-electron chi connectivity index (χ2n) is 2.89. The zero-order chi connectivity index (χ0) is 12.1. The van der Waals surface area contributed by atoms with E-state index in [0.29, 0.717) is 0 Å². The number of amides is 1. The van der Waals surface area contributed by atoms with E-state index in [4.69, 9.17) is 16.7 Å². The Kier molecular flexibility index (Phi) is 4.07. The average molecular weight is 244 g/mol. The molecule has 0 aromatic carbocycles. The second-order valence-corrected chi connectivity index (χ2v) is 3.29. The van der Waals surface area contributed by atoms with Gasteiger partial charge in [0.25, 0.3) is 0 Å². The third-order valence-corrected chi connectivity index (χ3v) is 2.07. The van der Waals surface area contributed by atoms with Crippen molar-refractivity contribution in [1.82, 2.24) is 10.3 Å². The molecule has 86 valence electrons. The SMILES string of the molecule is CNC(=O)CNc1ncc(C(=O)O)cc1Cl. The van der Waals surface area contributed by atoms with E-state index in [-0.39, 0.29) is 28.9 Å². The highest BCUT2D eigenvalue weighted by atomic mass is 35.5. The Balaban J connectivity index is 2.75. The number of carbonyl (C=O) groups excluding carboxylic acids is 1. The van der Waals surface area contributed by atoms with Crippen molar-refractivity contribution < 1.29 is 14.7 Å². The maximum absolute atomic E-state index is 10.9. The molecule has 0 bridgehead atoms. The Morgan fingerprint density at radius 2 is 2.25 bits per heavy atom. The lowest BCUT2D eigenvalue weighted by atomic mass is 10.3. The van der Waals surface area contributed by atoms with Crippen LogP contribution in [-0.2, 0) is 4.79 Å². The summed E-state index contributed by atoms with van der Waals surface area (Å²) in [6.07, 6.45) is 1.17. The fraction of sp³-hybridized carbons (Fsp3) is 0.222. The quantitative estimate of drug-likeness (QED) is 0.720. The fourth-order valence-electron chi connectivity index (χ4n) is 0.937. The van der Waals surface area contributed by atoms with E-state index in [1.165, 1.54) is 19.3 Å². The molecular formula is C9H10ClN3O3. The van der Waals surface area contributed by atoms with Gasteiger partial charge < -0.3 is 15.7 Å². The monoisotopic (exact) mass is 243 g/mol. The van der Waals surface area contributed by atoms with Gasteiger partial charge in [-0.3, -0.25) is 4.79 Å². The highest BCUT2D eigenvalue weighted by Crippen LogP contribution is 2.19. The normalized spacial score (nSPS) is 9.62. The first-order valence-electron chi connectivity index (χ1n) is 4.38. The number of nitrogens with zero attached hydrogens (tertiary/aromatic N) is 1. The first-order chi connectivity index (χ1) is 7.54. The number of aromatic carboxylic acids is 1. The standard InChI is InChI=1S/C9H10ClN3O3/c1-11-7(14)4-13-8-6(10)2-5(3-12-8)9(15)16/h2-3H,4H2,1H3,(H,11,14)(H,12,13)(H,15,16). The number of pyridine rings is 1. The van der Waals surface area contributed by atoms with Crippen molar-refractivity contribution in [3.63, 3.8) is 0 Å². The number of rotatable bonds is 4. The molecule has 6 nitrogen and oxygen atoms in total. The number of carbonyl (C=O) groups is 2. The first kappa shape index (κ1) is 12.3. The van der Waals surface area contributed by atoms with Crippen LogP contribution in [0.4, 0.5) is 5.82 Å². The summed E-state index contributed by atoms with van der Waals surface area (Å²) in [5.74, 6) is -1.05. The van der Waals surface area contributed by atoms with Crippen molar-refractivity contribution in [1.29, 1.82) is 0 Å². The zero-order valence-corrected chi connectivity index (χ0v) is 9.21. The van der Waals surface area contributed by atoms with Gasteiger partial charge in [-0.25, -0.2) is 9.78 Å². The van der Waals surface area contributed by atoms with Gasteiger partial charge in [0, 0.05) is 13.2 Å². The number of halogens is 1. The lowest BCUT2D eigenvalue weighted by Crippen LogP contribution is -2.26. The Hall–Kier alpha value is -1.82. The molecular weight excluding hydrogens is 234 g/mol. The highest BCUT2D eigenvalue weighted by molar-refractivity contribution is 6.33. The van der Waals surface area contributed by atoms with E-state index in [2.05, 4.69) is 15.6 Å². The predicted molar refractivity (Wildman–Crippen MR) is 58.8 cm³/mol. The van der Waals surface area contributed by atoms with Gasteiger partial charge in [-0.2, -0.15) is 0 Å². The Morgan fingerprint density at radius 3 is 2.75 bits per heavy atom. The Labute approximate surface area is 96.6 Å². The summed E-state index contributed by atoms with van der Waals surface area (Å²) in [5, 5.41) is 13.9. The van der Waals surface area contributed by atoms with Gasteiger partial charge in [-0.05, 0) is 6.07 Å². The van der Waals surface area contributed by atoms with E-state index < -0.39 is 5.97 Å². The molecule has 0 aliphatic carbocycles. The van der Waals surface area contributed by atoms with E-state index in [9.17, 15) is 9.59 Å². The lowest BCUT2D eigenvalue weighted by molar-refractivity contribution is -0.118. The summed E-state index contributed by atoms with van der Waals surface area (Å²) in [6, 6.07) is 1.27. The van der Waals surface area contributed by atoms with Gasteiger partial charge in [0.15, 0.2) is 0 Å². The van der Waals surface area contributed by atoms with Crippen molar-refractivity contribution in [2.75, 3.05) is 18.9 Å². The molecule has 0 saturated carbocycles. The molecule has 0 atom stereocenters. The van der Waals surface area contributed by atoms with Gasteiger partial charge in [0.05, 0.1) is 17.1 Å². The largest absolute Gasteiger partial charge is 0.478 e. The van der Waals surface area contributed by atoms with Gasteiger partial charge in [-0.1, -0.05) is 11.6 Å². The van der Waals surface area contributed by atoms with E-state index in [1.807, 2.05) is 0 Å². The van der Waals surface area contributed by atoms with Crippen LogP contribution in [0.5, 0.6) is 0 Å². The first-order valence-corrected chi connectivity index (χ1v) is 4.75. The molecule has 1 heterocycles. The molecule has 0 spiro atoms. The van der Waals surface area contributed by atoms with Gasteiger partial charge >= 0.3 is 5.97 Å². The molecule has 0 unspecified atom stereocenters. The number of hydrogen-bond donors (Lipinski definition) is 3. The minimum atomic E-state index is -1.10. The topological polar surface area (TPSA) is 91.3 Å². The Bertz CT molecular complexity index is 422. The van der Waals surface area contributed by atoms with Crippen LogP contribution < -0.4 is 10.6 Å².